The predicted molar refractivity (Wildman–Crippen MR) is 51.5 cm³/mol. The number of halogens is 1. The van der Waals surface area contributed by atoms with Gasteiger partial charge in [-0.15, -0.1) is 0 Å². The van der Waals surface area contributed by atoms with E-state index in [2.05, 4.69) is 4.98 Å². The molecule has 0 spiro atoms. The van der Waals surface area contributed by atoms with Crippen LogP contribution in [0.1, 0.15) is 5.56 Å². The van der Waals surface area contributed by atoms with Crippen LogP contribution in [0.5, 0.6) is 5.75 Å². The van der Waals surface area contributed by atoms with Crippen LogP contribution in [0, 0.1) is 0 Å². The Labute approximate surface area is 85.8 Å². The molecule has 0 aromatic carbocycles. The molecule has 7 heteroatoms. The van der Waals surface area contributed by atoms with Crippen molar-refractivity contribution in [1.29, 1.82) is 0 Å². The van der Waals surface area contributed by atoms with E-state index in [1.807, 2.05) is 0 Å². The van der Waals surface area contributed by atoms with Gasteiger partial charge in [-0.1, -0.05) is 11.6 Å². The highest BCUT2D eigenvalue weighted by Crippen LogP contribution is 2.41. The smallest absolute Gasteiger partial charge is 0.330 e. The minimum absolute atomic E-state index is 0.175. The maximum Gasteiger partial charge on any atom is 0.330 e. The molecule has 1 aromatic heterocycles. The van der Waals surface area contributed by atoms with E-state index in [0.717, 1.165) is 0 Å². The van der Waals surface area contributed by atoms with E-state index in [4.69, 9.17) is 26.1 Å². The average Bonchev–Trinajstić information content (AvgIpc) is 2.01. The Morgan fingerprint density at radius 1 is 1.64 bits per heavy atom. The van der Waals surface area contributed by atoms with Crippen LogP contribution in [0.2, 0.25) is 5.15 Å². The van der Waals surface area contributed by atoms with Gasteiger partial charge in [0.05, 0.1) is 19.5 Å². The van der Waals surface area contributed by atoms with Crippen molar-refractivity contribution < 1.29 is 19.1 Å². The molecular weight excluding hydrogens is 229 g/mol. The Hall–Kier alpha value is -0.610. The first-order chi connectivity index (χ1) is 6.42. The minimum atomic E-state index is -4.11. The molecule has 2 N–H and O–H groups in total. The topological polar surface area (TPSA) is 79.7 Å². The maximum atomic E-state index is 10.8. The van der Waals surface area contributed by atoms with E-state index in [1.54, 1.807) is 0 Å². The number of aromatic nitrogens is 1. The van der Waals surface area contributed by atoms with Gasteiger partial charge in [0.15, 0.2) is 0 Å². The molecule has 0 bridgehead atoms. The molecule has 14 heavy (non-hydrogen) atoms. The van der Waals surface area contributed by atoms with Crippen LogP contribution in [0.25, 0.3) is 0 Å². The molecule has 0 amide bonds. The summed E-state index contributed by atoms with van der Waals surface area (Å²) in [5, 5.41) is 0.175. The zero-order valence-corrected chi connectivity index (χ0v) is 9.00. The summed E-state index contributed by atoms with van der Waals surface area (Å²) in [5.41, 5.74) is 0.348. The van der Waals surface area contributed by atoms with Gasteiger partial charge in [-0.3, -0.25) is 4.57 Å². The first kappa shape index (κ1) is 11.5. The SMILES string of the molecule is COc1cnc(Cl)cc1CP(=O)(O)O. The number of nitrogens with zero attached hydrogens (tertiary/aromatic N) is 1. The van der Waals surface area contributed by atoms with Crippen molar-refractivity contribution >= 4 is 19.2 Å². The fraction of sp³-hybridized carbons (Fsp3) is 0.286. The lowest BCUT2D eigenvalue weighted by molar-refractivity contribution is 0.368. The molecule has 1 rings (SSSR count). The molecule has 0 aliphatic carbocycles. The summed E-state index contributed by atoms with van der Waals surface area (Å²) in [6.45, 7) is 0. The van der Waals surface area contributed by atoms with Crippen LogP contribution in [0.4, 0.5) is 0 Å². The van der Waals surface area contributed by atoms with Gasteiger partial charge < -0.3 is 14.5 Å². The van der Waals surface area contributed by atoms with E-state index in [0.29, 0.717) is 11.3 Å². The van der Waals surface area contributed by atoms with Crippen LogP contribution >= 0.6 is 19.2 Å². The van der Waals surface area contributed by atoms with Crippen molar-refractivity contribution in [3.63, 3.8) is 0 Å². The summed E-state index contributed by atoms with van der Waals surface area (Å²) < 4.78 is 15.6. The zero-order chi connectivity index (χ0) is 10.8. The number of rotatable bonds is 3. The Bertz CT molecular complexity index is 378. The van der Waals surface area contributed by atoms with E-state index in [1.165, 1.54) is 19.4 Å². The van der Waals surface area contributed by atoms with Crippen molar-refractivity contribution in [3.8, 4) is 5.75 Å². The molecule has 0 saturated heterocycles. The Balaban J connectivity index is 3.05. The number of hydrogen-bond donors (Lipinski definition) is 2. The lowest BCUT2D eigenvalue weighted by Crippen LogP contribution is -1.94. The lowest BCUT2D eigenvalue weighted by atomic mass is 10.3. The molecule has 0 unspecified atom stereocenters. The summed E-state index contributed by atoms with van der Waals surface area (Å²) in [4.78, 5) is 21.3. The van der Waals surface area contributed by atoms with Crippen LogP contribution in [-0.4, -0.2) is 21.9 Å². The fourth-order valence-corrected chi connectivity index (χ4v) is 1.86. The molecular formula is C7H9ClNO4P. The second kappa shape index (κ2) is 4.28. The highest BCUT2D eigenvalue weighted by molar-refractivity contribution is 7.50. The van der Waals surface area contributed by atoms with Crippen molar-refractivity contribution in [2.75, 3.05) is 7.11 Å². The predicted octanol–water partition coefficient (Wildman–Crippen LogP) is 1.42. The van der Waals surface area contributed by atoms with Gasteiger partial charge in [-0.25, -0.2) is 4.98 Å². The molecule has 0 fully saturated rings. The maximum absolute atomic E-state index is 10.8. The molecule has 0 radical (unpaired) electrons. The van der Waals surface area contributed by atoms with Crippen LogP contribution in [0.15, 0.2) is 12.3 Å². The van der Waals surface area contributed by atoms with Gasteiger partial charge in [-0.2, -0.15) is 0 Å². The third-order valence-electron chi connectivity index (χ3n) is 1.51. The van der Waals surface area contributed by atoms with Gasteiger partial charge in [0.25, 0.3) is 0 Å². The second-order valence-electron chi connectivity index (χ2n) is 2.64. The van der Waals surface area contributed by atoms with Crippen LogP contribution < -0.4 is 4.74 Å². The Morgan fingerprint density at radius 3 is 2.79 bits per heavy atom. The normalized spacial score (nSPS) is 11.4. The monoisotopic (exact) mass is 237 g/mol. The number of methoxy groups -OCH3 is 1. The highest BCUT2D eigenvalue weighted by atomic mass is 35.5. The number of hydrogen-bond acceptors (Lipinski definition) is 3. The van der Waals surface area contributed by atoms with Crippen molar-refractivity contribution in [3.05, 3.63) is 23.0 Å². The fourth-order valence-electron chi connectivity index (χ4n) is 0.985. The van der Waals surface area contributed by atoms with Gasteiger partial charge >= 0.3 is 7.60 Å². The largest absolute Gasteiger partial charge is 0.495 e. The first-order valence-electron chi connectivity index (χ1n) is 3.65. The molecule has 5 nitrogen and oxygen atoms in total. The molecule has 78 valence electrons. The van der Waals surface area contributed by atoms with Gasteiger partial charge in [0, 0.05) is 5.56 Å². The first-order valence-corrected chi connectivity index (χ1v) is 5.83. The molecule has 1 aromatic rings. The summed E-state index contributed by atoms with van der Waals surface area (Å²) >= 11 is 5.58. The summed E-state index contributed by atoms with van der Waals surface area (Å²) in [6.07, 6.45) is 0.922. The summed E-state index contributed by atoms with van der Waals surface area (Å²) in [7, 11) is -2.72. The summed E-state index contributed by atoms with van der Waals surface area (Å²) in [6, 6.07) is 1.37. The molecule has 1 heterocycles. The van der Waals surface area contributed by atoms with Gasteiger partial charge in [0.1, 0.15) is 10.9 Å². The molecule has 0 aliphatic heterocycles. The van der Waals surface area contributed by atoms with Crippen LogP contribution in [-0.2, 0) is 10.7 Å². The van der Waals surface area contributed by atoms with E-state index >= 15 is 0 Å². The van der Waals surface area contributed by atoms with Crippen molar-refractivity contribution in [1.82, 2.24) is 4.98 Å². The standard InChI is InChI=1S/C7H9ClNO4P/c1-13-6-3-9-7(8)2-5(6)4-14(10,11)12/h2-3H,4H2,1H3,(H2,10,11,12). The lowest BCUT2D eigenvalue weighted by Gasteiger charge is -2.08. The van der Waals surface area contributed by atoms with Crippen LogP contribution in [0.3, 0.4) is 0 Å². The quantitative estimate of drug-likeness (QED) is 0.614. The Morgan fingerprint density at radius 2 is 2.29 bits per heavy atom. The third-order valence-corrected chi connectivity index (χ3v) is 2.47. The van der Waals surface area contributed by atoms with E-state index in [9.17, 15) is 4.57 Å². The molecule has 0 atom stereocenters. The average molecular weight is 238 g/mol. The van der Waals surface area contributed by atoms with E-state index in [-0.39, 0.29) is 5.15 Å². The van der Waals surface area contributed by atoms with Crippen molar-refractivity contribution in [2.45, 2.75) is 6.16 Å². The highest BCUT2D eigenvalue weighted by Gasteiger charge is 2.17. The number of ether oxygens (including phenoxy) is 1. The minimum Gasteiger partial charge on any atom is -0.495 e. The number of pyridine rings is 1. The van der Waals surface area contributed by atoms with E-state index < -0.39 is 13.8 Å². The zero-order valence-electron chi connectivity index (χ0n) is 7.35. The second-order valence-corrected chi connectivity index (χ2v) is 4.67. The molecule has 0 saturated carbocycles. The van der Waals surface area contributed by atoms with Crippen molar-refractivity contribution in [2.24, 2.45) is 0 Å². The van der Waals surface area contributed by atoms with Gasteiger partial charge in [-0.05, 0) is 6.07 Å². The van der Waals surface area contributed by atoms with Gasteiger partial charge in [0.2, 0.25) is 0 Å². The Kier molecular flexibility index (Phi) is 3.50. The summed E-state index contributed by atoms with van der Waals surface area (Å²) in [5.74, 6) is 0.317. The molecule has 0 aliphatic rings. The third kappa shape index (κ3) is 3.27.